The Morgan fingerprint density at radius 3 is 2.47 bits per heavy atom. The summed E-state index contributed by atoms with van der Waals surface area (Å²) < 4.78 is 15.0. The zero-order valence-electron chi connectivity index (χ0n) is 8.18. The van der Waals surface area contributed by atoms with Crippen LogP contribution in [0, 0.1) is 5.82 Å². The van der Waals surface area contributed by atoms with Gasteiger partial charge in [0.25, 0.3) is 0 Å². The molecule has 0 radical (unpaired) electrons. The van der Waals surface area contributed by atoms with E-state index in [-0.39, 0.29) is 10.6 Å². The van der Waals surface area contributed by atoms with Crippen molar-refractivity contribution in [3.8, 4) is 0 Å². The van der Waals surface area contributed by atoms with Crippen LogP contribution in [-0.4, -0.2) is 0 Å². The van der Waals surface area contributed by atoms with E-state index in [1.807, 2.05) is 6.07 Å². The van der Waals surface area contributed by atoms with Gasteiger partial charge >= 0.3 is 0 Å². The fraction of sp³-hybridized carbons (Fsp3) is 0.0909. The van der Waals surface area contributed by atoms with Crippen LogP contribution >= 0.6 is 70.7 Å². The summed E-state index contributed by atoms with van der Waals surface area (Å²) in [5, 5.41) is 0.424. The van der Waals surface area contributed by atoms with Crippen LogP contribution in [0.1, 0.15) is 15.3 Å². The summed E-state index contributed by atoms with van der Waals surface area (Å²) in [5.41, 5.74) is 0.856. The molecule has 90 valence electrons. The molecule has 0 N–H and O–H groups in total. The van der Waals surface area contributed by atoms with E-state index in [9.17, 15) is 4.39 Å². The smallest absolute Gasteiger partial charge is 0.124 e. The third-order valence-electron chi connectivity index (χ3n) is 2.15. The van der Waals surface area contributed by atoms with Crippen LogP contribution in [0.3, 0.4) is 0 Å². The maximum Gasteiger partial charge on any atom is 0.124 e. The van der Waals surface area contributed by atoms with Crippen molar-refractivity contribution in [1.29, 1.82) is 0 Å². The van der Waals surface area contributed by atoms with Gasteiger partial charge in [0.1, 0.15) is 5.82 Å². The molecular weight excluding hydrogens is 458 g/mol. The zero-order chi connectivity index (χ0) is 12.6. The van der Waals surface area contributed by atoms with Gasteiger partial charge in [-0.3, -0.25) is 0 Å². The van der Waals surface area contributed by atoms with E-state index < -0.39 is 0 Å². The topological polar surface area (TPSA) is 0 Å². The molecule has 0 nitrogen and oxygen atoms in total. The van der Waals surface area contributed by atoms with Gasteiger partial charge in [-0.2, -0.15) is 0 Å². The highest BCUT2D eigenvalue weighted by Crippen LogP contribution is 2.43. The average molecular weight is 463 g/mol. The van der Waals surface area contributed by atoms with E-state index in [4.69, 9.17) is 11.6 Å². The second kappa shape index (κ2) is 5.70. The number of hydrogen-bond acceptors (Lipinski definition) is 1. The van der Waals surface area contributed by atoms with Crippen molar-refractivity contribution in [2.75, 3.05) is 0 Å². The molecule has 0 aliphatic carbocycles. The lowest BCUT2D eigenvalue weighted by Crippen LogP contribution is -1.91. The highest BCUT2D eigenvalue weighted by Gasteiger charge is 2.17. The summed E-state index contributed by atoms with van der Waals surface area (Å²) in [6.07, 6.45) is 0. The van der Waals surface area contributed by atoms with Gasteiger partial charge in [-0.05, 0) is 55.6 Å². The minimum absolute atomic E-state index is 0.0387. The minimum Gasteiger partial charge on any atom is -0.207 e. The number of benzene rings is 1. The summed E-state index contributed by atoms with van der Waals surface area (Å²) in [4.78, 5) is 1.06. The van der Waals surface area contributed by atoms with E-state index >= 15 is 0 Å². The summed E-state index contributed by atoms with van der Waals surface area (Å²) in [6, 6.07) is 6.43. The van der Waals surface area contributed by atoms with Crippen molar-refractivity contribution in [3.63, 3.8) is 0 Å². The van der Waals surface area contributed by atoms with Crippen molar-refractivity contribution in [1.82, 2.24) is 0 Å². The predicted molar refractivity (Wildman–Crippen MR) is 81.9 cm³/mol. The van der Waals surface area contributed by atoms with Gasteiger partial charge in [0, 0.05) is 14.4 Å². The lowest BCUT2D eigenvalue weighted by Gasteiger charge is -2.10. The average Bonchev–Trinajstić information content (AvgIpc) is 2.58. The van der Waals surface area contributed by atoms with Crippen LogP contribution in [0.2, 0.25) is 5.02 Å². The molecule has 0 spiro atoms. The molecule has 1 heterocycles. The Balaban J connectivity index is 2.39. The molecule has 0 aliphatic heterocycles. The summed E-state index contributed by atoms with van der Waals surface area (Å²) >= 11 is 18.1. The number of rotatable bonds is 2. The second-order valence-electron chi connectivity index (χ2n) is 3.30. The van der Waals surface area contributed by atoms with Gasteiger partial charge in [0.2, 0.25) is 0 Å². The molecule has 1 aromatic carbocycles. The van der Waals surface area contributed by atoms with Gasteiger partial charge in [0.05, 0.1) is 8.61 Å². The van der Waals surface area contributed by atoms with Crippen molar-refractivity contribution < 1.29 is 4.39 Å². The Morgan fingerprint density at radius 2 is 1.94 bits per heavy atom. The van der Waals surface area contributed by atoms with Crippen LogP contribution < -0.4 is 0 Å². The third-order valence-corrected chi connectivity index (χ3v) is 7.09. The molecule has 1 unspecified atom stereocenters. The molecule has 0 fully saturated rings. The Morgan fingerprint density at radius 1 is 1.24 bits per heavy atom. The van der Waals surface area contributed by atoms with Crippen LogP contribution in [0.15, 0.2) is 32.5 Å². The molecule has 2 aromatic rings. The van der Waals surface area contributed by atoms with E-state index in [0.29, 0.717) is 5.02 Å². The Labute approximate surface area is 133 Å². The third kappa shape index (κ3) is 3.13. The van der Waals surface area contributed by atoms with Gasteiger partial charge in [-0.15, -0.1) is 11.3 Å². The number of alkyl halides is 1. The van der Waals surface area contributed by atoms with Gasteiger partial charge in [-0.25, -0.2) is 4.39 Å². The highest BCUT2D eigenvalue weighted by atomic mass is 79.9. The molecule has 0 saturated carbocycles. The van der Waals surface area contributed by atoms with E-state index in [0.717, 1.165) is 18.7 Å². The summed E-state index contributed by atoms with van der Waals surface area (Å²) in [5.74, 6) is -0.327. The van der Waals surface area contributed by atoms with E-state index in [1.165, 1.54) is 12.1 Å². The molecule has 1 atom stereocenters. The molecule has 1 aromatic heterocycles. The highest BCUT2D eigenvalue weighted by molar-refractivity contribution is 9.13. The standard InChI is InChI=1S/C11H5Br3ClFS/c12-7-4-9(17-11(7)14)10(13)6-2-1-5(16)3-8(6)15/h1-4,10H. The first-order chi connectivity index (χ1) is 7.99. The minimum atomic E-state index is -0.327. The molecule has 0 aliphatic rings. The second-order valence-corrected chi connectivity index (χ2v) is 7.88. The fourth-order valence-electron chi connectivity index (χ4n) is 1.35. The largest absolute Gasteiger partial charge is 0.207 e. The molecular formula is C11H5Br3ClFS. The maximum absolute atomic E-state index is 13.0. The monoisotopic (exact) mass is 460 g/mol. The van der Waals surface area contributed by atoms with Crippen molar-refractivity contribution >= 4 is 70.7 Å². The lowest BCUT2D eigenvalue weighted by molar-refractivity contribution is 0.627. The van der Waals surface area contributed by atoms with Gasteiger partial charge in [0.15, 0.2) is 0 Å². The predicted octanol–water partition coefficient (Wildman–Crippen LogP) is 6.55. The van der Waals surface area contributed by atoms with Gasteiger partial charge < -0.3 is 0 Å². The van der Waals surface area contributed by atoms with Crippen molar-refractivity contribution in [2.24, 2.45) is 0 Å². The first-order valence-corrected chi connectivity index (χ1v) is 8.22. The van der Waals surface area contributed by atoms with Crippen LogP contribution in [0.25, 0.3) is 0 Å². The van der Waals surface area contributed by atoms with Gasteiger partial charge in [-0.1, -0.05) is 33.6 Å². The Hall–Kier alpha value is 0.580. The zero-order valence-corrected chi connectivity index (χ0v) is 14.5. The number of thiophene rings is 1. The number of hydrogen-bond donors (Lipinski definition) is 0. The van der Waals surface area contributed by atoms with E-state index in [1.54, 1.807) is 17.4 Å². The maximum atomic E-state index is 13.0. The Kier molecular flexibility index (Phi) is 4.69. The summed E-state index contributed by atoms with van der Waals surface area (Å²) in [7, 11) is 0. The quantitative estimate of drug-likeness (QED) is 0.443. The fourth-order valence-corrected chi connectivity index (χ4v) is 4.66. The molecule has 6 heteroatoms. The molecule has 0 bridgehead atoms. The molecule has 17 heavy (non-hydrogen) atoms. The van der Waals surface area contributed by atoms with Crippen molar-refractivity contribution in [2.45, 2.75) is 4.83 Å². The van der Waals surface area contributed by atoms with Crippen LogP contribution in [0.5, 0.6) is 0 Å². The molecule has 0 saturated heterocycles. The first-order valence-electron chi connectivity index (χ1n) is 4.53. The van der Waals surface area contributed by atoms with Crippen LogP contribution in [-0.2, 0) is 0 Å². The normalized spacial score (nSPS) is 12.8. The van der Waals surface area contributed by atoms with Crippen molar-refractivity contribution in [3.05, 3.63) is 53.8 Å². The first kappa shape index (κ1) is 14.0. The molecule has 0 amide bonds. The molecule has 2 rings (SSSR count). The SMILES string of the molecule is Fc1ccc(C(Br)c2cc(Br)c(Br)s2)c(Cl)c1. The number of halogens is 5. The lowest BCUT2D eigenvalue weighted by atomic mass is 10.1. The van der Waals surface area contributed by atoms with E-state index in [2.05, 4.69) is 47.8 Å². The van der Waals surface area contributed by atoms with Crippen LogP contribution in [0.4, 0.5) is 4.39 Å². The summed E-state index contributed by atoms with van der Waals surface area (Å²) in [6.45, 7) is 0. The Bertz CT molecular complexity index is 536.